The molecule has 3 rings (SSSR count). The molecule has 2 aromatic rings. The van der Waals surface area contributed by atoms with Crippen LogP contribution in [0.3, 0.4) is 0 Å². The topological polar surface area (TPSA) is 85.3 Å². The van der Waals surface area contributed by atoms with E-state index in [4.69, 9.17) is 14.2 Å². The molecule has 0 radical (unpaired) electrons. The summed E-state index contributed by atoms with van der Waals surface area (Å²) < 4.78 is 16.2. The second-order valence-electron chi connectivity index (χ2n) is 6.90. The Labute approximate surface area is 175 Å². The van der Waals surface area contributed by atoms with Crippen molar-refractivity contribution in [2.24, 2.45) is 0 Å². The number of amides is 1. The number of ether oxygens (including phenoxy) is 3. The highest BCUT2D eigenvalue weighted by molar-refractivity contribution is 5.94. The van der Waals surface area contributed by atoms with Crippen molar-refractivity contribution in [3.63, 3.8) is 0 Å². The molecule has 0 bridgehead atoms. The van der Waals surface area contributed by atoms with E-state index in [1.807, 2.05) is 30.3 Å². The van der Waals surface area contributed by atoms with Gasteiger partial charge >= 0.3 is 12.1 Å². The molecule has 0 aliphatic carbocycles. The van der Waals surface area contributed by atoms with Crippen molar-refractivity contribution in [3.05, 3.63) is 65.2 Å². The molecule has 0 aromatic heterocycles. The minimum atomic E-state index is -0.947. The summed E-state index contributed by atoms with van der Waals surface area (Å²) in [4.78, 5) is 25.1. The molecular weight excluding hydrogens is 386 g/mol. The quantitative estimate of drug-likeness (QED) is 0.687. The van der Waals surface area contributed by atoms with E-state index in [0.29, 0.717) is 35.8 Å². The zero-order chi connectivity index (χ0) is 21.5. The first kappa shape index (κ1) is 21.2. The van der Waals surface area contributed by atoms with Gasteiger partial charge in [-0.2, -0.15) is 0 Å². The number of carbonyl (C=O) groups is 2. The van der Waals surface area contributed by atoms with Crippen molar-refractivity contribution in [1.82, 2.24) is 4.90 Å². The highest BCUT2D eigenvalue weighted by Crippen LogP contribution is 2.33. The third-order valence-corrected chi connectivity index (χ3v) is 5.02. The molecule has 1 heterocycles. The molecule has 1 aliphatic rings. The van der Waals surface area contributed by atoms with Crippen LogP contribution in [0.2, 0.25) is 0 Å². The van der Waals surface area contributed by atoms with Gasteiger partial charge in [-0.25, -0.2) is 9.59 Å². The van der Waals surface area contributed by atoms with Crippen LogP contribution in [-0.4, -0.2) is 48.9 Å². The lowest BCUT2D eigenvalue weighted by atomic mass is 10.0. The first-order chi connectivity index (χ1) is 14.5. The maximum Gasteiger partial charge on any atom is 0.407 e. The van der Waals surface area contributed by atoms with Crippen LogP contribution in [0.5, 0.6) is 11.5 Å². The zero-order valence-electron chi connectivity index (χ0n) is 17.0. The number of hydrogen-bond acceptors (Lipinski definition) is 5. The van der Waals surface area contributed by atoms with Crippen LogP contribution in [0.25, 0.3) is 6.08 Å². The molecule has 1 aliphatic heterocycles. The maximum absolute atomic E-state index is 12.3. The second-order valence-corrected chi connectivity index (χ2v) is 6.90. The van der Waals surface area contributed by atoms with Gasteiger partial charge in [0.05, 0.1) is 25.8 Å². The standard InChI is InChI=1S/C23H25NO6/c1-28-20-14-19(22(25)29-2)17(10-11-18-9-6-12-24(18)23(26)27)13-21(20)30-15-16-7-4-3-5-8-16/h3-5,7-8,10-11,13-14,18H,6,9,12,15H2,1-2H3,(H,26,27). The second kappa shape index (κ2) is 9.82. The van der Waals surface area contributed by atoms with Gasteiger partial charge in [0, 0.05) is 6.54 Å². The predicted octanol–water partition coefficient (Wildman–Crippen LogP) is 4.22. The van der Waals surface area contributed by atoms with E-state index in [2.05, 4.69) is 0 Å². The molecular formula is C23H25NO6. The van der Waals surface area contributed by atoms with E-state index in [-0.39, 0.29) is 6.04 Å². The van der Waals surface area contributed by atoms with Crippen LogP contribution in [0.1, 0.15) is 34.3 Å². The Bertz CT molecular complexity index is 925. The number of methoxy groups -OCH3 is 2. The Balaban J connectivity index is 1.91. The molecule has 2 aromatic carbocycles. The zero-order valence-corrected chi connectivity index (χ0v) is 17.0. The van der Waals surface area contributed by atoms with E-state index in [1.54, 1.807) is 24.3 Å². The minimum Gasteiger partial charge on any atom is -0.493 e. The number of nitrogens with zero attached hydrogens (tertiary/aromatic N) is 1. The van der Waals surface area contributed by atoms with Gasteiger partial charge in [-0.3, -0.25) is 0 Å². The van der Waals surface area contributed by atoms with Crippen molar-refractivity contribution in [1.29, 1.82) is 0 Å². The van der Waals surface area contributed by atoms with Crippen molar-refractivity contribution in [2.75, 3.05) is 20.8 Å². The molecule has 1 atom stereocenters. The molecule has 7 nitrogen and oxygen atoms in total. The average molecular weight is 411 g/mol. The molecule has 1 unspecified atom stereocenters. The van der Waals surface area contributed by atoms with Gasteiger partial charge in [0.25, 0.3) is 0 Å². The summed E-state index contributed by atoms with van der Waals surface area (Å²) in [6.45, 7) is 0.843. The monoisotopic (exact) mass is 411 g/mol. The average Bonchev–Trinajstić information content (AvgIpc) is 3.25. The SMILES string of the molecule is COC(=O)c1cc(OC)c(OCc2ccccc2)cc1C=CC1CCCN1C(=O)O. The molecule has 0 spiro atoms. The Hall–Kier alpha value is -3.48. The normalized spacial score (nSPS) is 15.9. The summed E-state index contributed by atoms with van der Waals surface area (Å²) in [5.74, 6) is 0.385. The number of likely N-dealkylation sites (tertiary alicyclic amines) is 1. The van der Waals surface area contributed by atoms with Gasteiger partial charge in [-0.05, 0) is 36.1 Å². The van der Waals surface area contributed by atoms with E-state index < -0.39 is 12.1 Å². The van der Waals surface area contributed by atoms with Crippen LogP contribution >= 0.6 is 0 Å². The minimum absolute atomic E-state index is 0.233. The largest absolute Gasteiger partial charge is 0.493 e. The summed E-state index contributed by atoms with van der Waals surface area (Å²) in [5.41, 5.74) is 1.89. The Kier molecular flexibility index (Phi) is 6.95. The summed E-state index contributed by atoms with van der Waals surface area (Å²) in [6, 6.07) is 12.8. The predicted molar refractivity (Wildman–Crippen MR) is 112 cm³/mol. The summed E-state index contributed by atoms with van der Waals surface area (Å²) in [6.07, 6.45) is 4.14. The van der Waals surface area contributed by atoms with E-state index >= 15 is 0 Å². The van der Waals surface area contributed by atoms with E-state index in [1.165, 1.54) is 19.1 Å². The summed E-state index contributed by atoms with van der Waals surface area (Å²) >= 11 is 0. The van der Waals surface area contributed by atoms with Gasteiger partial charge < -0.3 is 24.2 Å². The third kappa shape index (κ3) is 4.92. The number of carbonyl (C=O) groups excluding carboxylic acids is 1. The third-order valence-electron chi connectivity index (χ3n) is 5.02. The molecule has 30 heavy (non-hydrogen) atoms. The lowest BCUT2D eigenvalue weighted by Crippen LogP contribution is -2.32. The lowest BCUT2D eigenvalue weighted by molar-refractivity contribution is 0.0600. The smallest absolute Gasteiger partial charge is 0.407 e. The van der Waals surface area contributed by atoms with Crippen molar-refractivity contribution in [2.45, 2.75) is 25.5 Å². The highest BCUT2D eigenvalue weighted by Gasteiger charge is 2.26. The number of hydrogen-bond donors (Lipinski definition) is 1. The molecule has 7 heteroatoms. The van der Waals surface area contributed by atoms with Gasteiger partial charge in [0.1, 0.15) is 6.61 Å². The van der Waals surface area contributed by atoms with Gasteiger partial charge in [-0.15, -0.1) is 0 Å². The van der Waals surface area contributed by atoms with Crippen LogP contribution in [0.4, 0.5) is 4.79 Å². The fourth-order valence-corrected chi connectivity index (χ4v) is 3.45. The molecule has 158 valence electrons. The fraction of sp³-hybridized carbons (Fsp3) is 0.304. The van der Waals surface area contributed by atoms with E-state index in [9.17, 15) is 14.7 Å². The number of rotatable bonds is 7. The highest BCUT2D eigenvalue weighted by atomic mass is 16.5. The fourth-order valence-electron chi connectivity index (χ4n) is 3.45. The molecule has 1 fully saturated rings. The van der Waals surface area contributed by atoms with Crippen LogP contribution < -0.4 is 9.47 Å². The number of benzene rings is 2. The lowest BCUT2D eigenvalue weighted by Gasteiger charge is -2.18. The Morgan fingerprint density at radius 2 is 1.93 bits per heavy atom. The molecule has 0 saturated carbocycles. The van der Waals surface area contributed by atoms with E-state index in [0.717, 1.165) is 18.4 Å². The van der Waals surface area contributed by atoms with Gasteiger partial charge in [-0.1, -0.05) is 42.5 Å². The number of esters is 1. The molecule has 1 saturated heterocycles. The molecule has 1 amide bonds. The van der Waals surface area contributed by atoms with Crippen LogP contribution in [0.15, 0.2) is 48.5 Å². The Morgan fingerprint density at radius 1 is 1.17 bits per heavy atom. The summed E-state index contributed by atoms with van der Waals surface area (Å²) in [5, 5.41) is 9.33. The first-order valence-electron chi connectivity index (χ1n) is 9.68. The summed E-state index contributed by atoms with van der Waals surface area (Å²) in [7, 11) is 2.82. The van der Waals surface area contributed by atoms with Gasteiger partial charge in [0.15, 0.2) is 11.5 Å². The van der Waals surface area contributed by atoms with Crippen LogP contribution in [0, 0.1) is 0 Å². The maximum atomic E-state index is 12.3. The molecule has 1 N–H and O–H groups in total. The number of carboxylic acid groups (broad SMARTS) is 1. The van der Waals surface area contributed by atoms with Crippen molar-refractivity contribution in [3.8, 4) is 11.5 Å². The van der Waals surface area contributed by atoms with Crippen molar-refractivity contribution >= 4 is 18.1 Å². The first-order valence-corrected chi connectivity index (χ1v) is 9.68. The van der Waals surface area contributed by atoms with Crippen molar-refractivity contribution < 1.29 is 28.9 Å². The Morgan fingerprint density at radius 3 is 2.60 bits per heavy atom. The van der Waals surface area contributed by atoms with Gasteiger partial charge in [0.2, 0.25) is 0 Å². The van der Waals surface area contributed by atoms with Crippen LogP contribution in [-0.2, 0) is 11.3 Å².